The molecule has 14 nitrogen and oxygen atoms in total. The maximum atomic E-state index is 9.73. The molecular formula is C71H72B4N4O10. The monoisotopic (exact) mass is 1180 g/mol. The third kappa shape index (κ3) is 14.3. The van der Waals surface area contributed by atoms with Crippen molar-refractivity contribution in [2.45, 2.75) is 131 Å². The number of benzene rings is 8. The molecule has 448 valence electrons. The molecule has 2 N–H and O–H groups in total. The minimum absolute atomic E-state index is 0. The van der Waals surface area contributed by atoms with Crippen molar-refractivity contribution in [2.75, 3.05) is 0 Å². The first-order valence-corrected chi connectivity index (χ1v) is 29.1. The Morgan fingerprint density at radius 2 is 0.708 bits per heavy atom. The molecule has 18 heteroatoms. The van der Waals surface area contributed by atoms with E-state index in [0.717, 1.165) is 89.2 Å². The Balaban J connectivity index is 0.000000153. The van der Waals surface area contributed by atoms with E-state index in [4.69, 9.17) is 37.6 Å². The van der Waals surface area contributed by atoms with Gasteiger partial charge < -0.3 is 47.6 Å². The van der Waals surface area contributed by atoms with Gasteiger partial charge in [-0.15, -0.1) is 0 Å². The number of hydrogen-bond donors (Lipinski definition) is 2. The first kappa shape index (κ1) is 65.9. The summed E-state index contributed by atoms with van der Waals surface area (Å²) in [5.41, 5.74) is 23.4. The third-order valence-corrected chi connectivity index (χ3v) is 17.0. The van der Waals surface area contributed by atoms with Crippen LogP contribution in [0.5, 0.6) is 46.0 Å². The Morgan fingerprint density at radius 3 is 1.13 bits per heavy atom. The van der Waals surface area contributed by atoms with Gasteiger partial charge in [0.2, 0.25) is 0 Å². The zero-order valence-electron chi connectivity index (χ0n) is 52.3. The van der Waals surface area contributed by atoms with Gasteiger partial charge in [0.1, 0.15) is 58.1 Å². The molecule has 0 saturated heterocycles. The lowest BCUT2D eigenvalue weighted by Crippen LogP contribution is -2.28. The standard InChI is InChI=1S/2C18H18BNO2.2C17H16BNO3.CH4/c1-11-5-14(9-20)17(7-12(11)2)22-16-6-13(3)18-15(8-16)10-21-19(18)4;1-11-5-16(7-14(9-20)13(11)3)22-17-6-12(2)18-15(8-17)10-21-19(18)4;1-10-6-14(7-13(8-19)11(10)2)22-17-5-4-16-15(12(17)3)9-21-18(16)20;1-10-6-13(8-19)17(7-11(10)2)22-16-5-4-15-14(12(16)3)9-21-18(15)20;/h2*5-8H,10H2,1-4H3;2*4-7,20H,9H2,1-3H3;1H4. The maximum absolute atomic E-state index is 9.73. The van der Waals surface area contributed by atoms with Gasteiger partial charge in [-0.25, -0.2) is 0 Å². The van der Waals surface area contributed by atoms with E-state index in [1.165, 1.54) is 33.2 Å². The highest BCUT2D eigenvalue weighted by atomic mass is 16.5. The molecule has 8 aromatic carbocycles. The van der Waals surface area contributed by atoms with Crippen molar-refractivity contribution in [3.05, 3.63) is 208 Å². The SMILES string of the molecule is C.CB1OCc2cc(Oc3cc(C)c(C)c(C#N)c3)cc(C)c21.CB1OCc2cc(Oc3cc(C)c(C)cc3C#N)cc(C)c21.Cc1cc(C#N)c(Oc2ccc3c(c2C)COB3O)cc1C.Cc1cc(Oc2ccc3c(c2C)COB3O)cc(C#N)c1C. The fourth-order valence-electron chi connectivity index (χ4n) is 11.3. The molecule has 4 aliphatic rings. The number of rotatable bonds is 8. The molecule has 0 saturated carbocycles. The number of hydrogen-bond acceptors (Lipinski definition) is 14. The van der Waals surface area contributed by atoms with E-state index in [9.17, 15) is 31.1 Å². The summed E-state index contributed by atoms with van der Waals surface area (Å²) in [7, 11) is -1.71. The second kappa shape index (κ2) is 28.0. The quantitative estimate of drug-likeness (QED) is 0.136. The van der Waals surface area contributed by atoms with Crippen molar-refractivity contribution in [3.63, 3.8) is 0 Å². The smallest absolute Gasteiger partial charge is 0.457 e. The Kier molecular flexibility index (Phi) is 20.7. The number of fused-ring (bicyclic) bond motifs is 4. The first-order chi connectivity index (χ1) is 42.0. The molecule has 0 spiro atoms. The molecule has 0 radical (unpaired) electrons. The van der Waals surface area contributed by atoms with Crippen LogP contribution in [0.2, 0.25) is 13.6 Å². The lowest BCUT2D eigenvalue weighted by atomic mass is 9.62. The predicted molar refractivity (Wildman–Crippen MR) is 351 cm³/mol. The normalized spacial score (nSPS) is 12.8. The van der Waals surface area contributed by atoms with Gasteiger partial charge in [0.05, 0.1) is 60.8 Å². The predicted octanol–water partition coefficient (Wildman–Crippen LogP) is 12.9. The molecule has 4 heterocycles. The van der Waals surface area contributed by atoms with E-state index in [1.807, 2.05) is 154 Å². The van der Waals surface area contributed by atoms with E-state index in [0.29, 0.717) is 83.2 Å². The van der Waals surface area contributed by atoms with Crippen molar-refractivity contribution >= 4 is 49.9 Å². The van der Waals surface area contributed by atoms with Gasteiger partial charge in [0, 0.05) is 0 Å². The molecule has 0 aliphatic carbocycles. The van der Waals surface area contributed by atoms with E-state index in [1.54, 1.807) is 12.1 Å². The molecular weight excluding hydrogens is 1110 g/mol. The van der Waals surface area contributed by atoms with Crippen LogP contribution >= 0.6 is 0 Å². The third-order valence-electron chi connectivity index (χ3n) is 17.0. The van der Waals surface area contributed by atoms with Crippen molar-refractivity contribution in [1.29, 1.82) is 21.0 Å². The zero-order valence-corrected chi connectivity index (χ0v) is 52.3. The zero-order chi connectivity index (χ0) is 63.4. The molecule has 0 amide bonds. The van der Waals surface area contributed by atoms with Crippen LogP contribution in [0.15, 0.2) is 97.1 Å². The number of nitriles is 4. The second-order valence-corrected chi connectivity index (χ2v) is 22.9. The summed E-state index contributed by atoms with van der Waals surface area (Å²) < 4.78 is 45.8. The molecule has 12 rings (SSSR count). The first-order valence-electron chi connectivity index (χ1n) is 29.1. The number of nitrogens with zero attached hydrogens (tertiary/aromatic N) is 4. The molecule has 0 atom stereocenters. The van der Waals surface area contributed by atoms with E-state index in [2.05, 4.69) is 51.8 Å². The number of aryl methyl sites for hydroxylation is 8. The Bertz CT molecular complexity index is 4260. The average Bonchev–Trinajstić information content (AvgIpc) is 2.59. The molecule has 89 heavy (non-hydrogen) atoms. The van der Waals surface area contributed by atoms with Crippen LogP contribution in [-0.4, -0.2) is 38.1 Å². The molecule has 4 aliphatic heterocycles. The Morgan fingerprint density at radius 1 is 0.360 bits per heavy atom. The Hall–Kier alpha value is -9.06. The lowest BCUT2D eigenvalue weighted by Gasteiger charge is -2.14. The van der Waals surface area contributed by atoms with E-state index in [-0.39, 0.29) is 21.3 Å². The summed E-state index contributed by atoms with van der Waals surface area (Å²) in [4.78, 5) is 0. The largest absolute Gasteiger partial charge is 0.491 e. The van der Waals surface area contributed by atoms with Crippen LogP contribution in [0.4, 0.5) is 0 Å². The van der Waals surface area contributed by atoms with Crippen LogP contribution in [0.3, 0.4) is 0 Å². The van der Waals surface area contributed by atoms with Gasteiger partial charge in [0.25, 0.3) is 0 Å². The van der Waals surface area contributed by atoms with Crippen molar-refractivity contribution < 1.29 is 47.6 Å². The Labute approximate surface area is 525 Å². The summed E-state index contributed by atoms with van der Waals surface area (Å²) >= 11 is 0. The second-order valence-electron chi connectivity index (χ2n) is 22.9. The summed E-state index contributed by atoms with van der Waals surface area (Å²) in [5, 5.41) is 56.5. The van der Waals surface area contributed by atoms with Gasteiger partial charge in [0.15, 0.2) is 0 Å². The molecule has 8 aromatic rings. The summed E-state index contributed by atoms with van der Waals surface area (Å²) in [6.45, 7) is 30.3. The van der Waals surface area contributed by atoms with Gasteiger partial charge in [-0.2, -0.15) is 21.0 Å². The topological polar surface area (TPSA) is 209 Å². The van der Waals surface area contributed by atoms with Gasteiger partial charge in [-0.1, -0.05) is 33.2 Å². The summed E-state index contributed by atoms with van der Waals surface area (Å²) in [5.74, 6) is 5.44. The highest BCUT2D eigenvalue weighted by molar-refractivity contribution is 6.68. The highest BCUT2D eigenvalue weighted by Gasteiger charge is 2.32. The van der Waals surface area contributed by atoms with Gasteiger partial charge in [-0.3, -0.25) is 0 Å². The molecule has 0 aromatic heterocycles. The van der Waals surface area contributed by atoms with Crippen LogP contribution in [0.25, 0.3) is 0 Å². The van der Waals surface area contributed by atoms with E-state index >= 15 is 0 Å². The fourth-order valence-corrected chi connectivity index (χ4v) is 11.3. The van der Waals surface area contributed by atoms with Crippen LogP contribution in [0, 0.1) is 128 Å². The van der Waals surface area contributed by atoms with E-state index < -0.39 is 14.2 Å². The maximum Gasteiger partial charge on any atom is 0.491 e. The average molecular weight is 1180 g/mol. The van der Waals surface area contributed by atoms with Crippen LogP contribution < -0.4 is 40.8 Å². The molecule has 0 fully saturated rings. The van der Waals surface area contributed by atoms with Crippen LogP contribution in [0.1, 0.15) is 119 Å². The fraction of sp³-hybridized carbons (Fsp3) is 0.268. The molecule has 0 bridgehead atoms. The van der Waals surface area contributed by atoms with Crippen molar-refractivity contribution in [2.24, 2.45) is 0 Å². The van der Waals surface area contributed by atoms with Crippen molar-refractivity contribution in [3.8, 4) is 70.3 Å². The van der Waals surface area contributed by atoms with Gasteiger partial charge >= 0.3 is 28.1 Å². The van der Waals surface area contributed by atoms with Crippen molar-refractivity contribution in [1.82, 2.24) is 0 Å². The summed E-state index contributed by atoms with van der Waals surface area (Å²) in [6.07, 6.45) is 0. The highest BCUT2D eigenvalue weighted by Crippen LogP contribution is 2.35. The minimum atomic E-state index is -0.862. The van der Waals surface area contributed by atoms with Gasteiger partial charge in [-0.05, 0) is 279 Å². The summed E-state index contributed by atoms with van der Waals surface area (Å²) in [6, 6.07) is 39.1. The van der Waals surface area contributed by atoms with Crippen LogP contribution in [-0.2, 0) is 45.0 Å². The minimum Gasteiger partial charge on any atom is -0.457 e. The number of ether oxygens (including phenoxy) is 4. The lowest BCUT2D eigenvalue weighted by molar-refractivity contribution is 0.274. The molecule has 0 unspecified atom stereocenters.